The zero-order chi connectivity index (χ0) is 13.0. The van der Waals surface area contributed by atoms with E-state index in [4.69, 9.17) is 5.11 Å². The fraction of sp³-hybridized carbons (Fsp3) is 0.467. The van der Waals surface area contributed by atoms with Crippen molar-refractivity contribution in [1.29, 1.82) is 0 Å². The molecular formula is C15H22N2O. The van der Waals surface area contributed by atoms with Gasteiger partial charge in [0.05, 0.1) is 0 Å². The maximum Gasteiger partial charge on any atom is 0.0480 e. The van der Waals surface area contributed by atoms with Crippen LogP contribution in [0.2, 0.25) is 0 Å². The summed E-state index contributed by atoms with van der Waals surface area (Å²) in [6.07, 6.45) is 4.14. The molecule has 0 aliphatic carbocycles. The van der Waals surface area contributed by atoms with E-state index in [1.54, 1.807) is 0 Å². The molecule has 0 aliphatic heterocycles. The molecule has 0 aliphatic rings. The first kappa shape index (κ1) is 13.1. The Hall–Kier alpha value is -1.32. The van der Waals surface area contributed by atoms with E-state index in [9.17, 15) is 0 Å². The third-order valence-electron chi connectivity index (χ3n) is 3.44. The summed E-state index contributed by atoms with van der Waals surface area (Å²) in [6.45, 7) is 2.27. The van der Waals surface area contributed by atoms with Gasteiger partial charge >= 0.3 is 0 Å². The van der Waals surface area contributed by atoms with Crippen molar-refractivity contribution in [3.8, 4) is 0 Å². The lowest BCUT2D eigenvalue weighted by molar-refractivity contribution is 0.248. The van der Waals surface area contributed by atoms with Crippen LogP contribution in [-0.4, -0.2) is 41.3 Å². The van der Waals surface area contributed by atoms with Crippen molar-refractivity contribution in [2.24, 2.45) is 7.05 Å². The quantitative estimate of drug-likeness (QED) is 0.845. The van der Waals surface area contributed by atoms with E-state index in [2.05, 4.69) is 54.0 Å². The van der Waals surface area contributed by atoms with Gasteiger partial charge in [-0.1, -0.05) is 18.2 Å². The maximum absolute atomic E-state index is 8.82. The third kappa shape index (κ3) is 2.92. The molecule has 3 nitrogen and oxygen atoms in total. The van der Waals surface area contributed by atoms with Crippen molar-refractivity contribution in [3.63, 3.8) is 0 Å². The lowest BCUT2D eigenvalue weighted by Crippen LogP contribution is -2.23. The first-order chi connectivity index (χ1) is 8.72. The van der Waals surface area contributed by atoms with Crippen LogP contribution in [0.5, 0.6) is 0 Å². The van der Waals surface area contributed by atoms with Crippen molar-refractivity contribution < 1.29 is 5.11 Å². The normalized spacial score (nSPS) is 11.6. The molecule has 0 spiro atoms. The fourth-order valence-corrected chi connectivity index (χ4v) is 2.39. The van der Waals surface area contributed by atoms with E-state index >= 15 is 0 Å². The Labute approximate surface area is 109 Å². The van der Waals surface area contributed by atoms with Gasteiger partial charge in [-0.05, 0) is 31.5 Å². The molecule has 0 radical (unpaired) electrons. The molecule has 2 aromatic rings. The van der Waals surface area contributed by atoms with E-state index in [-0.39, 0.29) is 6.61 Å². The van der Waals surface area contributed by atoms with Crippen LogP contribution in [0.3, 0.4) is 0 Å². The highest BCUT2D eigenvalue weighted by Crippen LogP contribution is 2.20. The number of benzene rings is 1. The van der Waals surface area contributed by atoms with Gasteiger partial charge in [0.2, 0.25) is 0 Å². The van der Waals surface area contributed by atoms with Gasteiger partial charge in [-0.25, -0.2) is 0 Å². The fourth-order valence-electron chi connectivity index (χ4n) is 2.39. The van der Waals surface area contributed by atoms with Gasteiger partial charge in [-0.2, -0.15) is 0 Å². The number of nitrogens with zero attached hydrogens (tertiary/aromatic N) is 2. The number of likely N-dealkylation sites (N-methyl/N-ethyl adjacent to an activating group) is 1. The standard InChI is InChI=1S/C15H22N2O/c1-16(9-5-11-18)10-8-13-12-17(2)15-7-4-3-6-14(13)15/h3-4,6-7,12,18H,5,8-11H2,1-2H3. The lowest BCUT2D eigenvalue weighted by Gasteiger charge is -2.15. The Kier molecular flexibility index (Phi) is 4.39. The summed E-state index contributed by atoms with van der Waals surface area (Å²) in [5.74, 6) is 0. The zero-order valence-electron chi connectivity index (χ0n) is 11.3. The van der Waals surface area contributed by atoms with Crippen LogP contribution < -0.4 is 0 Å². The minimum Gasteiger partial charge on any atom is -0.396 e. The third-order valence-corrected chi connectivity index (χ3v) is 3.44. The molecule has 0 saturated carbocycles. The molecule has 0 bridgehead atoms. The molecule has 1 N–H and O–H groups in total. The zero-order valence-corrected chi connectivity index (χ0v) is 11.3. The molecule has 0 atom stereocenters. The van der Waals surface area contributed by atoms with Crippen LogP contribution in [-0.2, 0) is 13.5 Å². The van der Waals surface area contributed by atoms with Gasteiger partial charge in [0.15, 0.2) is 0 Å². The van der Waals surface area contributed by atoms with Crippen molar-refractivity contribution in [3.05, 3.63) is 36.0 Å². The second-order valence-electron chi connectivity index (χ2n) is 4.91. The van der Waals surface area contributed by atoms with Gasteiger partial charge in [-0.3, -0.25) is 0 Å². The maximum atomic E-state index is 8.82. The highest BCUT2D eigenvalue weighted by molar-refractivity contribution is 5.83. The Morgan fingerprint density at radius 2 is 2.00 bits per heavy atom. The van der Waals surface area contributed by atoms with Crippen molar-refractivity contribution >= 4 is 10.9 Å². The first-order valence-electron chi connectivity index (χ1n) is 6.54. The molecule has 0 unspecified atom stereocenters. The summed E-state index contributed by atoms with van der Waals surface area (Å²) < 4.78 is 2.19. The second kappa shape index (κ2) is 6.03. The van der Waals surface area contributed by atoms with Crippen LogP contribution in [0, 0.1) is 0 Å². The topological polar surface area (TPSA) is 28.4 Å². The first-order valence-corrected chi connectivity index (χ1v) is 6.54. The van der Waals surface area contributed by atoms with E-state index in [0.717, 1.165) is 25.9 Å². The molecule has 18 heavy (non-hydrogen) atoms. The number of aliphatic hydroxyl groups excluding tert-OH is 1. The lowest BCUT2D eigenvalue weighted by atomic mass is 10.1. The number of aliphatic hydroxyl groups is 1. The summed E-state index contributed by atoms with van der Waals surface area (Å²) in [6, 6.07) is 8.54. The number of rotatable bonds is 6. The number of aryl methyl sites for hydroxylation is 1. The van der Waals surface area contributed by atoms with Crippen molar-refractivity contribution in [1.82, 2.24) is 9.47 Å². The average molecular weight is 246 g/mol. The molecule has 0 amide bonds. The minimum absolute atomic E-state index is 0.276. The largest absolute Gasteiger partial charge is 0.396 e. The van der Waals surface area contributed by atoms with Crippen molar-refractivity contribution in [2.75, 3.05) is 26.7 Å². The molecule has 3 heteroatoms. The van der Waals surface area contributed by atoms with Crippen LogP contribution in [0.25, 0.3) is 10.9 Å². The van der Waals surface area contributed by atoms with Gasteiger partial charge in [0.1, 0.15) is 0 Å². The van der Waals surface area contributed by atoms with Gasteiger partial charge < -0.3 is 14.6 Å². The highest BCUT2D eigenvalue weighted by atomic mass is 16.3. The van der Waals surface area contributed by atoms with Crippen molar-refractivity contribution in [2.45, 2.75) is 12.8 Å². The molecule has 0 saturated heterocycles. The molecule has 1 aromatic heterocycles. The number of aromatic nitrogens is 1. The number of fused-ring (bicyclic) bond motifs is 1. The van der Waals surface area contributed by atoms with E-state index < -0.39 is 0 Å². The predicted octanol–water partition coefficient (Wildman–Crippen LogP) is 2.03. The molecule has 0 fully saturated rings. The summed E-state index contributed by atoms with van der Waals surface area (Å²) in [7, 11) is 4.21. The number of para-hydroxylation sites is 1. The van der Waals surface area contributed by atoms with Crippen LogP contribution in [0.4, 0.5) is 0 Å². The second-order valence-corrected chi connectivity index (χ2v) is 4.91. The number of hydrogen-bond donors (Lipinski definition) is 1. The van der Waals surface area contributed by atoms with Crippen LogP contribution in [0.1, 0.15) is 12.0 Å². The molecular weight excluding hydrogens is 224 g/mol. The average Bonchev–Trinajstić information content (AvgIpc) is 2.71. The Morgan fingerprint density at radius 3 is 2.78 bits per heavy atom. The van der Waals surface area contributed by atoms with E-state index in [0.29, 0.717) is 0 Å². The van der Waals surface area contributed by atoms with Crippen LogP contribution in [0.15, 0.2) is 30.5 Å². The Bertz CT molecular complexity index is 504. The van der Waals surface area contributed by atoms with Gasteiger partial charge in [0.25, 0.3) is 0 Å². The molecule has 1 aromatic carbocycles. The Balaban J connectivity index is 2.03. The summed E-state index contributed by atoms with van der Waals surface area (Å²) in [5, 5.41) is 10.2. The predicted molar refractivity (Wildman–Crippen MR) is 75.8 cm³/mol. The van der Waals surface area contributed by atoms with E-state index in [1.165, 1.54) is 16.5 Å². The SMILES string of the molecule is CN(CCCO)CCc1cn(C)c2ccccc12. The highest BCUT2D eigenvalue weighted by Gasteiger charge is 2.06. The summed E-state index contributed by atoms with van der Waals surface area (Å²) in [4.78, 5) is 2.28. The summed E-state index contributed by atoms with van der Waals surface area (Å²) >= 11 is 0. The minimum atomic E-state index is 0.276. The molecule has 2 rings (SSSR count). The number of hydrogen-bond acceptors (Lipinski definition) is 2. The Morgan fingerprint density at radius 1 is 1.22 bits per heavy atom. The van der Waals surface area contributed by atoms with Gasteiger partial charge in [-0.15, -0.1) is 0 Å². The molecule has 98 valence electrons. The molecule has 1 heterocycles. The summed E-state index contributed by atoms with van der Waals surface area (Å²) in [5.41, 5.74) is 2.70. The smallest absolute Gasteiger partial charge is 0.0480 e. The van der Waals surface area contributed by atoms with Crippen LogP contribution >= 0.6 is 0 Å². The van der Waals surface area contributed by atoms with E-state index in [1.807, 2.05) is 0 Å². The van der Waals surface area contributed by atoms with Gasteiger partial charge in [0, 0.05) is 43.8 Å². The monoisotopic (exact) mass is 246 g/mol.